The number of hydrazine groups is 1. The van der Waals surface area contributed by atoms with Gasteiger partial charge in [0.05, 0.1) is 6.34 Å². The molecule has 0 aliphatic carbocycles. The Morgan fingerprint density at radius 1 is 1.50 bits per heavy atom. The van der Waals surface area contributed by atoms with Gasteiger partial charge >= 0.3 is 0 Å². The van der Waals surface area contributed by atoms with Crippen LogP contribution in [0.15, 0.2) is 35.3 Å². The van der Waals surface area contributed by atoms with E-state index < -0.39 is 7.52 Å². The average Bonchev–Trinajstić information content (AvgIpc) is 2.37. The second kappa shape index (κ2) is 6.90. The van der Waals surface area contributed by atoms with E-state index in [1.807, 2.05) is 35.8 Å². The van der Waals surface area contributed by atoms with Crippen LogP contribution in [0.25, 0.3) is 0 Å². The first-order chi connectivity index (χ1) is 8.53. The second-order valence-corrected chi connectivity index (χ2v) is 5.65. The van der Waals surface area contributed by atoms with Gasteiger partial charge in [0.2, 0.25) is 5.96 Å². The molecule has 0 saturated carbocycles. The lowest BCUT2D eigenvalue weighted by Crippen LogP contribution is -2.28. The lowest BCUT2D eigenvalue weighted by atomic mass is 10.2. The van der Waals surface area contributed by atoms with Crippen LogP contribution in [0.1, 0.15) is 5.56 Å². The molecule has 7 nitrogen and oxygen atoms in total. The Kier molecular flexibility index (Phi) is 5.51. The van der Waals surface area contributed by atoms with Crippen molar-refractivity contribution in [2.45, 2.75) is 6.42 Å². The first kappa shape index (κ1) is 14.4. The van der Waals surface area contributed by atoms with Crippen LogP contribution >= 0.6 is 7.52 Å². The van der Waals surface area contributed by atoms with Crippen molar-refractivity contribution in [1.29, 1.82) is 5.41 Å². The Bertz CT molecular complexity index is 463. The second-order valence-electron chi connectivity index (χ2n) is 3.54. The minimum atomic E-state index is -3.49. The van der Waals surface area contributed by atoms with E-state index >= 15 is 0 Å². The summed E-state index contributed by atoms with van der Waals surface area (Å²) in [6.45, 7) is 0. The normalized spacial score (nSPS) is 14.1. The summed E-state index contributed by atoms with van der Waals surface area (Å²) in [6.07, 6.45) is 1.57. The van der Waals surface area contributed by atoms with Gasteiger partial charge in [-0.25, -0.2) is 10.8 Å². The van der Waals surface area contributed by atoms with Gasteiger partial charge in [0.15, 0.2) is 0 Å². The van der Waals surface area contributed by atoms with Gasteiger partial charge in [-0.2, -0.15) is 0 Å². The highest BCUT2D eigenvalue weighted by Crippen LogP contribution is 2.34. The first-order valence-electron chi connectivity index (χ1n) is 5.25. The number of hydrogen-bond acceptors (Lipinski definition) is 3. The van der Waals surface area contributed by atoms with Crippen molar-refractivity contribution in [3.8, 4) is 0 Å². The molecule has 0 radical (unpaired) electrons. The summed E-state index contributed by atoms with van der Waals surface area (Å²) < 4.78 is 11.7. The van der Waals surface area contributed by atoms with Crippen LogP contribution in [0.5, 0.6) is 0 Å². The molecule has 0 fully saturated rings. The molecular formula is C10H16N5O2P. The molecule has 1 aromatic carbocycles. The van der Waals surface area contributed by atoms with E-state index in [0.29, 0.717) is 6.42 Å². The minimum Gasteiger partial charge on any atom is -0.329 e. The first-order valence-corrected chi connectivity index (χ1v) is 7.09. The standard InChI is InChI=1S/C10H16N5O2P/c11-10(15-12)13-8-14-18(16,17)7-6-9-4-2-1-3-5-9/h1-5,8H,6-7,12H2,(H4,11,13,14,15,16,17). The fraction of sp³-hybridized carbons (Fsp3) is 0.200. The Labute approximate surface area is 105 Å². The van der Waals surface area contributed by atoms with Gasteiger partial charge in [-0.05, 0) is 12.0 Å². The molecule has 1 aromatic rings. The molecule has 0 aliphatic rings. The van der Waals surface area contributed by atoms with E-state index in [2.05, 4.69) is 10.1 Å². The SMILES string of the molecule is N=C(N=CNP(=O)(O)CCc1ccccc1)NN. The lowest BCUT2D eigenvalue weighted by Gasteiger charge is -2.10. The van der Waals surface area contributed by atoms with Crippen LogP contribution in [0.2, 0.25) is 0 Å². The number of aliphatic imine (C=N–C) groups is 1. The summed E-state index contributed by atoms with van der Waals surface area (Å²) in [6, 6.07) is 9.42. The minimum absolute atomic E-state index is 0.0897. The summed E-state index contributed by atoms with van der Waals surface area (Å²) in [5.74, 6) is 4.61. The molecule has 0 heterocycles. The molecule has 0 spiro atoms. The molecular weight excluding hydrogens is 253 g/mol. The van der Waals surface area contributed by atoms with E-state index in [1.165, 1.54) is 0 Å². The summed E-state index contributed by atoms with van der Waals surface area (Å²) >= 11 is 0. The van der Waals surface area contributed by atoms with Gasteiger partial charge < -0.3 is 9.98 Å². The molecule has 0 saturated heterocycles. The fourth-order valence-corrected chi connectivity index (χ4v) is 2.14. The predicted molar refractivity (Wildman–Crippen MR) is 71.5 cm³/mol. The zero-order valence-electron chi connectivity index (χ0n) is 9.71. The molecule has 0 aliphatic heterocycles. The quantitative estimate of drug-likeness (QED) is 0.174. The van der Waals surface area contributed by atoms with Gasteiger partial charge in [0.1, 0.15) is 0 Å². The van der Waals surface area contributed by atoms with Crippen molar-refractivity contribution in [1.82, 2.24) is 10.5 Å². The fourth-order valence-electron chi connectivity index (χ4n) is 1.21. The third-order valence-corrected chi connectivity index (χ3v) is 3.48. The molecule has 18 heavy (non-hydrogen) atoms. The molecule has 1 unspecified atom stereocenters. The number of hydrogen-bond donors (Lipinski definition) is 5. The van der Waals surface area contributed by atoms with Crippen molar-refractivity contribution in [3.05, 3.63) is 35.9 Å². The molecule has 6 N–H and O–H groups in total. The largest absolute Gasteiger partial charge is 0.329 e. The Morgan fingerprint density at radius 3 is 2.78 bits per heavy atom. The van der Waals surface area contributed by atoms with Crippen LogP contribution in [-0.2, 0) is 11.0 Å². The van der Waals surface area contributed by atoms with Gasteiger partial charge in [-0.15, -0.1) is 0 Å². The Balaban J connectivity index is 2.43. The number of aryl methyl sites for hydroxylation is 1. The number of benzene rings is 1. The van der Waals surface area contributed by atoms with Gasteiger partial charge in [-0.3, -0.25) is 15.4 Å². The van der Waals surface area contributed by atoms with E-state index in [4.69, 9.17) is 11.3 Å². The van der Waals surface area contributed by atoms with Gasteiger partial charge in [0.25, 0.3) is 7.52 Å². The summed E-state index contributed by atoms with van der Waals surface area (Å²) in [5.41, 5.74) is 2.97. The number of nitrogens with two attached hydrogens (primary N) is 1. The van der Waals surface area contributed by atoms with Crippen molar-refractivity contribution >= 4 is 19.8 Å². The maximum absolute atomic E-state index is 11.7. The zero-order valence-corrected chi connectivity index (χ0v) is 10.6. The highest BCUT2D eigenvalue weighted by Gasteiger charge is 2.15. The molecule has 0 amide bonds. The number of rotatable bonds is 5. The number of nitrogens with one attached hydrogen (secondary N) is 3. The van der Waals surface area contributed by atoms with Crippen LogP contribution in [-0.4, -0.2) is 23.4 Å². The Hall–Kier alpha value is -1.69. The molecule has 1 atom stereocenters. The van der Waals surface area contributed by atoms with Gasteiger partial charge in [0, 0.05) is 6.16 Å². The summed E-state index contributed by atoms with van der Waals surface area (Å²) in [4.78, 5) is 13.1. The third kappa shape index (κ3) is 5.58. The van der Waals surface area contributed by atoms with Gasteiger partial charge in [-0.1, -0.05) is 30.3 Å². The molecule has 1 rings (SSSR count). The highest BCUT2D eigenvalue weighted by atomic mass is 31.2. The smallest absolute Gasteiger partial charge is 0.292 e. The molecule has 0 aromatic heterocycles. The topological polar surface area (TPSA) is 124 Å². The van der Waals surface area contributed by atoms with Crippen LogP contribution in [0.3, 0.4) is 0 Å². The van der Waals surface area contributed by atoms with Crippen molar-refractivity contribution in [3.63, 3.8) is 0 Å². The maximum atomic E-state index is 11.7. The predicted octanol–water partition coefficient (Wildman–Crippen LogP) is 0.430. The molecule has 0 bridgehead atoms. The monoisotopic (exact) mass is 269 g/mol. The van der Waals surface area contributed by atoms with E-state index in [9.17, 15) is 9.46 Å². The number of nitrogens with zero attached hydrogens (tertiary/aromatic N) is 1. The maximum Gasteiger partial charge on any atom is 0.292 e. The molecule has 8 heteroatoms. The average molecular weight is 269 g/mol. The summed E-state index contributed by atoms with van der Waals surface area (Å²) in [5, 5.41) is 9.31. The van der Waals surface area contributed by atoms with E-state index in [0.717, 1.165) is 11.9 Å². The highest BCUT2D eigenvalue weighted by molar-refractivity contribution is 7.56. The molecule has 98 valence electrons. The van der Waals surface area contributed by atoms with E-state index in [-0.39, 0.29) is 12.1 Å². The summed E-state index contributed by atoms with van der Waals surface area (Å²) in [7, 11) is -3.49. The van der Waals surface area contributed by atoms with Crippen LogP contribution < -0.4 is 16.4 Å². The Morgan fingerprint density at radius 2 is 2.17 bits per heavy atom. The zero-order chi connectivity index (χ0) is 13.4. The van der Waals surface area contributed by atoms with Crippen molar-refractivity contribution in [2.24, 2.45) is 10.8 Å². The van der Waals surface area contributed by atoms with E-state index in [1.54, 1.807) is 0 Å². The van der Waals surface area contributed by atoms with Crippen LogP contribution in [0, 0.1) is 5.41 Å². The van der Waals surface area contributed by atoms with Crippen molar-refractivity contribution < 1.29 is 9.46 Å². The van der Waals surface area contributed by atoms with Crippen molar-refractivity contribution in [2.75, 3.05) is 6.16 Å². The van der Waals surface area contributed by atoms with Crippen LogP contribution in [0.4, 0.5) is 0 Å². The third-order valence-electron chi connectivity index (χ3n) is 2.14. The number of guanidine groups is 1. The lowest BCUT2D eigenvalue weighted by molar-refractivity contribution is 0.473.